The van der Waals surface area contributed by atoms with Crippen LogP contribution < -0.4 is 11.1 Å². The van der Waals surface area contributed by atoms with Gasteiger partial charge in [0.1, 0.15) is 6.10 Å². The number of halogens is 1. The molecule has 0 bridgehead atoms. The summed E-state index contributed by atoms with van der Waals surface area (Å²) in [6, 6.07) is 10.0. The van der Waals surface area contributed by atoms with Crippen molar-refractivity contribution < 1.29 is 14.3 Å². The highest BCUT2D eigenvalue weighted by Gasteiger charge is 2.33. The Balaban J connectivity index is 0.00000243. The Morgan fingerprint density at radius 1 is 1.19 bits per heavy atom. The summed E-state index contributed by atoms with van der Waals surface area (Å²) < 4.78 is 5.63. The largest absolute Gasteiger partial charge is 0.364 e. The summed E-state index contributed by atoms with van der Waals surface area (Å²) >= 11 is 0. The van der Waals surface area contributed by atoms with Gasteiger partial charge < -0.3 is 20.7 Å². The van der Waals surface area contributed by atoms with Gasteiger partial charge in [-0.15, -0.1) is 12.4 Å². The zero-order valence-corrected chi connectivity index (χ0v) is 15.7. The number of nitrogens with two attached hydrogens (primary N) is 1. The fraction of sp³-hybridized carbons (Fsp3) is 0.579. The number of amides is 2. The van der Waals surface area contributed by atoms with Gasteiger partial charge in [-0.05, 0) is 31.2 Å². The molecular formula is C19H28ClN3O3. The number of aryl methyl sites for hydroxylation is 1. The molecule has 3 rings (SSSR count). The fourth-order valence-corrected chi connectivity index (χ4v) is 3.52. The lowest BCUT2D eigenvalue weighted by Crippen LogP contribution is -2.43. The van der Waals surface area contributed by atoms with E-state index in [-0.39, 0.29) is 36.4 Å². The fourth-order valence-electron chi connectivity index (χ4n) is 3.52. The average molecular weight is 382 g/mol. The summed E-state index contributed by atoms with van der Waals surface area (Å²) in [5.41, 5.74) is 6.75. The SMILES string of the molecule is Cl.NC[C@H]1CC[C@@H](C(=O)NC2CCN(C(=O)CCc3ccccc3)C2)O1. The van der Waals surface area contributed by atoms with Crippen LogP contribution in [0.4, 0.5) is 0 Å². The topological polar surface area (TPSA) is 84.7 Å². The lowest BCUT2D eigenvalue weighted by atomic mass is 10.1. The van der Waals surface area contributed by atoms with Gasteiger partial charge >= 0.3 is 0 Å². The monoisotopic (exact) mass is 381 g/mol. The number of nitrogens with zero attached hydrogens (tertiary/aromatic N) is 1. The molecule has 1 unspecified atom stereocenters. The maximum absolute atomic E-state index is 12.4. The summed E-state index contributed by atoms with van der Waals surface area (Å²) in [6.07, 6.45) is 3.23. The predicted octanol–water partition coefficient (Wildman–Crippen LogP) is 1.26. The van der Waals surface area contributed by atoms with Crippen LogP contribution in [-0.2, 0) is 20.7 Å². The molecule has 0 aromatic heterocycles. The molecule has 3 N–H and O–H groups in total. The predicted molar refractivity (Wildman–Crippen MR) is 102 cm³/mol. The molecule has 2 saturated heterocycles. The summed E-state index contributed by atoms with van der Waals surface area (Å²) in [5.74, 6) is 0.0837. The third-order valence-electron chi connectivity index (χ3n) is 5.02. The average Bonchev–Trinajstić information content (AvgIpc) is 3.30. The molecule has 1 aromatic rings. The third kappa shape index (κ3) is 5.43. The number of nitrogens with one attached hydrogen (secondary N) is 1. The quantitative estimate of drug-likeness (QED) is 0.777. The molecule has 0 spiro atoms. The van der Waals surface area contributed by atoms with E-state index in [2.05, 4.69) is 5.32 Å². The first kappa shape index (κ1) is 20.7. The van der Waals surface area contributed by atoms with Gasteiger partial charge in [-0.3, -0.25) is 9.59 Å². The number of ether oxygens (including phenoxy) is 1. The second-order valence-electron chi connectivity index (χ2n) is 6.88. The number of rotatable bonds is 6. The summed E-state index contributed by atoms with van der Waals surface area (Å²) in [5, 5.41) is 3.03. The highest BCUT2D eigenvalue weighted by molar-refractivity contribution is 5.85. The van der Waals surface area contributed by atoms with Crippen molar-refractivity contribution in [3.05, 3.63) is 35.9 Å². The van der Waals surface area contributed by atoms with Gasteiger partial charge in [0.05, 0.1) is 6.10 Å². The zero-order valence-electron chi connectivity index (χ0n) is 14.9. The van der Waals surface area contributed by atoms with Crippen LogP contribution in [0.5, 0.6) is 0 Å². The molecule has 0 radical (unpaired) electrons. The first-order valence-corrected chi connectivity index (χ1v) is 9.13. The smallest absolute Gasteiger partial charge is 0.249 e. The molecule has 2 aliphatic heterocycles. The Morgan fingerprint density at radius 3 is 2.65 bits per heavy atom. The van der Waals surface area contributed by atoms with Crippen LogP contribution in [0.25, 0.3) is 0 Å². The number of carbonyl (C=O) groups excluding carboxylic acids is 2. The van der Waals surface area contributed by atoms with E-state index in [0.717, 1.165) is 25.7 Å². The van der Waals surface area contributed by atoms with Gasteiger partial charge in [0.25, 0.3) is 0 Å². The van der Waals surface area contributed by atoms with Crippen molar-refractivity contribution in [3.63, 3.8) is 0 Å². The molecule has 1 aromatic carbocycles. The van der Waals surface area contributed by atoms with E-state index < -0.39 is 6.10 Å². The van der Waals surface area contributed by atoms with E-state index in [0.29, 0.717) is 26.1 Å². The normalized spacial score (nSPS) is 25.0. The number of benzene rings is 1. The third-order valence-corrected chi connectivity index (χ3v) is 5.02. The molecule has 2 amide bonds. The molecule has 0 aliphatic carbocycles. The van der Waals surface area contributed by atoms with Gasteiger partial charge in [-0.25, -0.2) is 0 Å². The minimum Gasteiger partial charge on any atom is -0.364 e. The van der Waals surface area contributed by atoms with Crippen LogP contribution in [0.3, 0.4) is 0 Å². The van der Waals surface area contributed by atoms with Crippen LogP contribution in [0.1, 0.15) is 31.2 Å². The highest BCUT2D eigenvalue weighted by Crippen LogP contribution is 2.20. The Hall–Kier alpha value is -1.63. The highest BCUT2D eigenvalue weighted by atomic mass is 35.5. The Bertz CT molecular complexity index is 599. The molecule has 2 aliphatic rings. The van der Waals surface area contributed by atoms with Crippen molar-refractivity contribution in [2.24, 2.45) is 5.73 Å². The molecule has 26 heavy (non-hydrogen) atoms. The summed E-state index contributed by atoms with van der Waals surface area (Å²) in [7, 11) is 0. The van der Waals surface area contributed by atoms with Crippen LogP contribution in [0, 0.1) is 0 Å². The first-order valence-electron chi connectivity index (χ1n) is 9.13. The van der Waals surface area contributed by atoms with E-state index in [9.17, 15) is 9.59 Å². The molecular weight excluding hydrogens is 354 g/mol. The molecule has 2 heterocycles. The number of hydrogen-bond donors (Lipinski definition) is 2. The lowest BCUT2D eigenvalue weighted by molar-refractivity contribution is -0.133. The minimum absolute atomic E-state index is 0. The molecule has 144 valence electrons. The van der Waals surface area contributed by atoms with Crippen molar-refractivity contribution in [1.29, 1.82) is 0 Å². The van der Waals surface area contributed by atoms with Crippen LogP contribution in [-0.4, -0.2) is 54.6 Å². The number of hydrogen-bond acceptors (Lipinski definition) is 4. The second kappa shape index (κ2) is 9.90. The molecule has 0 saturated carbocycles. The standard InChI is InChI=1S/C19H27N3O3.ClH/c20-12-16-7-8-17(25-16)19(24)21-15-10-11-22(13-15)18(23)9-6-14-4-2-1-3-5-14;/h1-5,15-17H,6-13,20H2,(H,21,24);1H/t15?,16-,17+;/m1./s1. The van der Waals surface area contributed by atoms with Gasteiger partial charge in [-0.2, -0.15) is 0 Å². The van der Waals surface area contributed by atoms with Gasteiger partial charge in [0, 0.05) is 32.1 Å². The van der Waals surface area contributed by atoms with Crippen LogP contribution in [0.15, 0.2) is 30.3 Å². The Kier molecular flexibility index (Phi) is 7.87. The van der Waals surface area contributed by atoms with Crippen molar-refractivity contribution in [2.75, 3.05) is 19.6 Å². The zero-order chi connectivity index (χ0) is 17.6. The minimum atomic E-state index is -0.392. The first-order chi connectivity index (χ1) is 12.2. The van der Waals surface area contributed by atoms with E-state index >= 15 is 0 Å². The Morgan fingerprint density at radius 2 is 1.96 bits per heavy atom. The summed E-state index contributed by atoms with van der Waals surface area (Å²) in [4.78, 5) is 26.5. The van der Waals surface area contributed by atoms with Crippen molar-refractivity contribution in [1.82, 2.24) is 10.2 Å². The molecule has 6 nitrogen and oxygen atoms in total. The van der Waals surface area contributed by atoms with Gasteiger partial charge in [0.2, 0.25) is 11.8 Å². The maximum Gasteiger partial charge on any atom is 0.249 e. The van der Waals surface area contributed by atoms with Crippen molar-refractivity contribution in [2.45, 2.75) is 50.4 Å². The number of likely N-dealkylation sites (tertiary alicyclic amines) is 1. The Labute approximate surface area is 160 Å². The van der Waals surface area contributed by atoms with E-state index in [4.69, 9.17) is 10.5 Å². The van der Waals surface area contributed by atoms with Crippen LogP contribution >= 0.6 is 12.4 Å². The molecule has 7 heteroatoms. The van der Waals surface area contributed by atoms with E-state index in [1.54, 1.807) is 0 Å². The van der Waals surface area contributed by atoms with Crippen molar-refractivity contribution in [3.8, 4) is 0 Å². The van der Waals surface area contributed by atoms with E-state index in [1.165, 1.54) is 5.56 Å². The molecule has 3 atom stereocenters. The lowest BCUT2D eigenvalue weighted by Gasteiger charge is -2.19. The van der Waals surface area contributed by atoms with Gasteiger partial charge in [-0.1, -0.05) is 30.3 Å². The maximum atomic E-state index is 12.4. The number of carbonyl (C=O) groups is 2. The summed E-state index contributed by atoms with van der Waals surface area (Å²) in [6.45, 7) is 1.75. The second-order valence-corrected chi connectivity index (χ2v) is 6.88. The van der Waals surface area contributed by atoms with Crippen LogP contribution in [0.2, 0.25) is 0 Å². The van der Waals surface area contributed by atoms with Gasteiger partial charge in [0.15, 0.2) is 0 Å². The molecule has 2 fully saturated rings. The van der Waals surface area contributed by atoms with E-state index in [1.807, 2.05) is 35.2 Å². The van der Waals surface area contributed by atoms with Crippen molar-refractivity contribution >= 4 is 24.2 Å².